The maximum absolute atomic E-state index is 3.21. The van der Waals surface area contributed by atoms with Gasteiger partial charge in [-0.05, 0) is 43.3 Å². The zero-order chi connectivity index (χ0) is 13.5. The minimum Gasteiger partial charge on any atom is -0.370 e. The van der Waals surface area contributed by atoms with E-state index in [0.717, 1.165) is 19.5 Å². The minimum atomic E-state index is 0.948. The normalized spacial score (nSPS) is 10.4. The second-order valence-corrected chi connectivity index (χ2v) is 4.81. The van der Waals surface area contributed by atoms with Crippen LogP contribution in [-0.2, 0) is 13.0 Å². The highest BCUT2D eigenvalue weighted by atomic mass is 15.1. The van der Waals surface area contributed by atoms with Gasteiger partial charge < -0.3 is 10.2 Å². The summed E-state index contributed by atoms with van der Waals surface area (Å²) in [5, 5.41) is 3.21. The van der Waals surface area contributed by atoms with Gasteiger partial charge in [0.1, 0.15) is 0 Å². The van der Waals surface area contributed by atoms with Crippen molar-refractivity contribution in [2.24, 2.45) is 0 Å². The molecule has 0 aliphatic heterocycles. The lowest BCUT2D eigenvalue weighted by molar-refractivity contribution is 0.780. The Bertz CT molecular complexity index is 494. The molecular formula is C17H22N2. The lowest BCUT2D eigenvalue weighted by Crippen LogP contribution is -2.18. The fraction of sp³-hybridized carbons (Fsp3) is 0.294. The summed E-state index contributed by atoms with van der Waals surface area (Å²) in [4.78, 5) is 2.29. The van der Waals surface area contributed by atoms with Gasteiger partial charge in [0.2, 0.25) is 0 Å². The molecule has 100 valence electrons. The number of nitrogens with zero attached hydrogens (tertiary/aromatic N) is 1. The van der Waals surface area contributed by atoms with E-state index in [9.17, 15) is 0 Å². The Labute approximate surface area is 116 Å². The fourth-order valence-electron chi connectivity index (χ4n) is 2.24. The highest BCUT2D eigenvalue weighted by Crippen LogP contribution is 2.17. The van der Waals surface area contributed by atoms with Crippen LogP contribution >= 0.6 is 0 Å². The highest BCUT2D eigenvalue weighted by Gasteiger charge is 2.05. The van der Waals surface area contributed by atoms with Crippen LogP contribution in [0.25, 0.3) is 0 Å². The Morgan fingerprint density at radius 3 is 2.21 bits per heavy atom. The van der Waals surface area contributed by atoms with Crippen LogP contribution in [0.1, 0.15) is 11.1 Å². The highest BCUT2D eigenvalue weighted by molar-refractivity contribution is 5.46. The lowest BCUT2D eigenvalue weighted by atomic mass is 10.0. The maximum atomic E-state index is 3.21. The van der Waals surface area contributed by atoms with Crippen LogP contribution in [0.5, 0.6) is 0 Å². The molecular weight excluding hydrogens is 232 g/mol. The lowest BCUT2D eigenvalue weighted by Gasteiger charge is -2.21. The number of hydrogen-bond donors (Lipinski definition) is 1. The standard InChI is InChI=1S/C17H22N2/c1-18-13-12-15-8-6-7-9-16(15)14-19(2)17-10-4-3-5-11-17/h3-11,18H,12-14H2,1-2H3. The SMILES string of the molecule is CNCCc1ccccc1CN(C)c1ccccc1. The molecule has 0 amide bonds. The smallest absolute Gasteiger partial charge is 0.0428 e. The van der Waals surface area contributed by atoms with Gasteiger partial charge >= 0.3 is 0 Å². The number of benzene rings is 2. The number of nitrogens with one attached hydrogen (secondary N) is 1. The van der Waals surface area contributed by atoms with Gasteiger partial charge in [-0.1, -0.05) is 42.5 Å². The molecule has 2 rings (SSSR count). The van der Waals surface area contributed by atoms with Crippen molar-refractivity contribution in [3.8, 4) is 0 Å². The molecule has 0 fully saturated rings. The van der Waals surface area contributed by atoms with Gasteiger partial charge in [0.05, 0.1) is 0 Å². The van der Waals surface area contributed by atoms with E-state index in [-0.39, 0.29) is 0 Å². The van der Waals surface area contributed by atoms with E-state index < -0.39 is 0 Å². The van der Waals surface area contributed by atoms with Crippen LogP contribution in [-0.4, -0.2) is 20.6 Å². The first kappa shape index (κ1) is 13.6. The van der Waals surface area contributed by atoms with Crippen LogP contribution < -0.4 is 10.2 Å². The largest absolute Gasteiger partial charge is 0.370 e. The molecule has 0 heterocycles. The summed E-state index contributed by atoms with van der Waals surface area (Å²) in [5.41, 5.74) is 4.09. The topological polar surface area (TPSA) is 15.3 Å². The van der Waals surface area contributed by atoms with Gasteiger partial charge in [-0.25, -0.2) is 0 Å². The molecule has 19 heavy (non-hydrogen) atoms. The summed E-state index contributed by atoms with van der Waals surface area (Å²) in [6.45, 7) is 1.97. The average Bonchev–Trinajstić information content (AvgIpc) is 2.47. The Kier molecular flexibility index (Phi) is 4.99. The molecule has 1 N–H and O–H groups in total. The van der Waals surface area contributed by atoms with Crippen LogP contribution in [0.3, 0.4) is 0 Å². The van der Waals surface area contributed by atoms with Crippen LogP contribution in [0, 0.1) is 0 Å². The third-order valence-corrected chi connectivity index (χ3v) is 3.37. The summed E-state index contributed by atoms with van der Waals surface area (Å²) in [6.07, 6.45) is 1.08. The molecule has 0 atom stereocenters. The number of anilines is 1. The summed E-state index contributed by atoms with van der Waals surface area (Å²) >= 11 is 0. The molecule has 0 bridgehead atoms. The zero-order valence-electron chi connectivity index (χ0n) is 11.8. The van der Waals surface area contributed by atoms with E-state index in [1.54, 1.807) is 0 Å². The molecule has 2 nitrogen and oxygen atoms in total. The van der Waals surface area contributed by atoms with Crippen molar-refractivity contribution >= 4 is 5.69 Å². The molecule has 0 aliphatic carbocycles. The van der Waals surface area contributed by atoms with Crippen molar-refractivity contribution in [2.75, 3.05) is 25.5 Å². The van der Waals surface area contributed by atoms with E-state index in [1.165, 1.54) is 16.8 Å². The maximum Gasteiger partial charge on any atom is 0.0428 e. The second-order valence-electron chi connectivity index (χ2n) is 4.81. The van der Waals surface area contributed by atoms with Crippen molar-refractivity contribution in [3.05, 3.63) is 65.7 Å². The number of rotatable bonds is 6. The van der Waals surface area contributed by atoms with Crippen molar-refractivity contribution in [2.45, 2.75) is 13.0 Å². The van der Waals surface area contributed by atoms with Gasteiger partial charge in [-0.3, -0.25) is 0 Å². The molecule has 0 spiro atoms. The van der Waals surface area contributed by atoms with Gasteiger partial charge in [-0.15, -0.1) is 0 Å². The van der Waals surface area contributed by atoms with E-state index >= 15 is 0 Å². The van der Waals surface area contributed by atoms with Crippen LogP contribution in [0.2, 0.25) is 0 Å². The molecule has 0 saturated carbocycles. The molecule has 2 aromatic carbocycles. The quantitative estimate of drug-likeness (QED) is 0.852. The van der Waals surface area contributed by atoms with Crippen molar-refractivity contribution < 1.29 is 0 Å². The first-order valence-corrected chi connectivity index (χ1v) is 6.79. The van der Waals surface area contributed by atoms with E-state index in [1.807, 2.05) is 7.05 Å². The van der Waals surface area contributed by atoms with Crippen molar-refractivity contribution in [3.63, 3.8) is 0 Å². The van der Waals surface area contributed by atoms with Gasteiger partial charge in [0.25, 0.3) is 0 Å². The van der Waals surface area contributed by atoms with Crippen molar-refractivity contribution in [1.82, 2.24) is 5.32 Å². The van der Waals surface area contributed by atoms with Crippen LogP contribution in [0.15, 0.2) is 54.6 Å². The molecule has 0 saturated heterocycles. The van der Waals surface area contributed by atoms with Gasteiger partial charge in [0.15, 0.2) is 0 Å². The van der Waals surface area contributed by atoms with Gasteiger partial charge in [0, 0.05) is 19.3 Å². The fourth-order valence-corrected chi connectivity index (χ4v) is 2.24. The molecule has 0 aromatic heterocycles. The molecule has 0 unspecified atom stereocenters. The third kappa shape index (κ3) is 3.83. The van der Waals surface area contributed by atoms with E-state index in [0.29, 0.717) is 0 Å². The van der Waals surface area contributed by atoms with Crippen molar-refractivity contribution in [1.29, 1.82) is 0 Å². The number of hydrogen-bond acceptors (Lipinski definition) is 2. The first-order valence-electron chi connectivity index (χ1n) is 6.79. The molecule has 2 aromatic rings. The molecule has 2 heteroatoms. The first-order chi connectivity index (χ1) is 9.31. The second kappa shape index (κ2) is 6.95. The summed E-state index contributed by atoms with van der Waals surface area (Å²) in [6, 6.07) is 19.2. The minimum absolute atomic E-state index is 0.948. The Balaban J connectivity index is 2.10. The number of likely N-dealkylation sites (N-methyl/N-ethyl adjacent to an activating group) is 1. The third-order valence-electron chi connectivity index (χ3n) is 3.37. The Hall–Kier alpha value is -1.80. The predicted octanol–water partition coefficient (Wildman–Crippen LogP) is 3.08. The van der Waals surface area contributed by atoms with E-state index in [4.69, 9.17) is 0 Å². The molecule has 0 radical (unpaired) electrons. The monoisotopic (exact) mass is 254 g/mol. The Morgan fingerprint density at radius 1 is 0.895 bits per heavy atom. The summed E-state index contributed by atoms with van der Waals surface area (Å²) in [5.74, 6) is 0. The van der Waals surface area contributed by atoms with Crippen LogP contribution in [0.4, 0.5) is 5.69 Å². The van der Waals surface area contributed by atoms with Gasteiger partial charge in [-0.2, -0.15) is 0 Å². The van der Waals surface area contributed by atoms with E-state index in [2.05, 4.69) is 71.9 Å². The predicted molar refractivity (Wildman–Crippen MR) is 82.6 cm³/mol. The average molecular weight is 254 g/mol. The molecule has 0 aliphatic rings. The summed E-state index contributed by atoms with van der Waals surface area (Å²) in [7, 11) is 4.14. The Morgan fingerprint density at radius 2 is 1.53 bits per heavy atom. The zero-order valence-corrected chi connectivity index (χ0v) is 11.8. The number of para-hydroxylation sites is 1. The summed E-state index contributed by atoms with van der Waals surface area (Å²) < 4.78 is 0.